The average Bonchev–Trinajstić information content (AvgIpc) is 2.47. The summed E-state index contributed by atoms with van der Waals surface area (Å²) in [6, 6.07) is 15.2. The van der Waals surface area contributed by atoms with Gasteiger partial charge in [-0.2, -0.15) is 0 Å². The Morgan fingerprint density at radius 3 is 2.00 bits per heavy atom. The van der Waals surface area contributed by atoms with Gasteiger partial charge in [0.25, 0.3) is 0 Å². The first-order valence-electron chi connectivity index (χ1n) is 7.32. The van der Waals surface area contributed by atoms with Crippen LogP contribution in [0.5, 0.6) is 5.75 Å². The van der Waals surface area contributed by atoms with Gasteiger partial charge in [0.05, 0.1) is 5.56 Å². The van der Waals surface area contributed by atoms with Crippen LogP contribution < -0.4 is 4.74 Å². The molecule has 2 rings (SSSR count). The van der Waals surface area contributed by atoms with Crippen molar-refractivity contribution in [1.82, 2.24) is 0 Å². The lowest BCUT2D eigenvalue weighted by atomic mass is 9.87. The van der Waals surface area contributed by atoms with Crippen LogP contribution >= 0.6 is 0 Å². The summed E-state index contributed by atoms with van der Waals surface area (Å²) >= 11 is 0. The fourth-order valence-electron chi connectivity index (χ4n) is 2.07. The molecule has 0 bridgehead atoms. The Bertz CT molecular complexity index is 602. The average molecular weight is 282 g/mol. The molecule has 0 unspecified atom stereocenters. The summed E-state index contributed by atoms with van der Waals surface area (Å²) in [6.45, 7) is 8.54. The van der Waals surface area contributed by atoms with E-state index in [2.05, 4.69) is 27.7 Å². The highest BCUT2D eigenvalue weighted by Crippen LogP contribution is 2.22. The van der Waals surface area contributed by atoms with Gasteiger partial charge in [-0.15, -0.1) is 0 Å². The van der Waals surface area contributed by atoms with Crippen LogP contribution in [0.2, 0.25) is 0 Å². The van der Waals surface area contributed by atoms with Crippen LogP contribution in [0.1, 0.15) is 49.2 Å². The second-order valence-corrected chi connectivity index (χ2v) is 6.21. The van der Waals surface area contributed by atoms with Gasteiger partial charge in [0.2, 0.25) is 0 Å². The second-order valence-electron chi connectivity index (χ2n) is 6.21. The number of aryl methyl sites for hydroxylation is 1. The smallest absolute Gasteiger partial charge is 0.343 e. The van der Waals surface area contributed by atoms with Crippen molar-refractivity contribution in [2.24, 2.45) is 0 Å². The van der Waals surface area contributed by atoms with E-state index >= 15 is 0 Å². The van der Waals surface area contributed by atoms with E-state index in [9.17, 15) is 4.79 Å². The Hall–Kier alpha value is -2.09. The number of hydrogen-bond acceptors (Lipinski definition) is 2. The number of hydrogen-bond donors (Lipinski definition) is 0. The van der Waals surface area contributed by atoms with E-state index in [1.165, 1.54) is 11.1 Å². The molecule has 0 aliphatic carbocycles. The van der Waals surface area contributed by atoms with Gasteiger partial charge in [-0.1, -0.05) is 52.0 Å². The van der Waals surface area contributed by atoms with Crippen LogP contribution in [0.3, 0.4) is 0 Å². The molecule has 0 heterocycles. The fourth-order valence-corrected chi connectivity index (χ4v) is 2.07. The number of esters is 1. The molecule has 0 N–H and O–H groups in total. The van der Waals surface area contributed by atoms with Crippen molar-refractivity contribution in [3.8, 4) is 5.75 Å². The summed E-state index contributed by atoms with van der Waals surface area (Å²) in [4.78, 5) is 12.1. The SMILES string of the molecule is CCc1ccc(OC(=O)c2ccc(C(C)(C)C)cc2)cc1. The van der Waals surface area contributed by atoms with Crippen LogP contribution in [0.15, 0.2) is 48.5 Å². The predicted molar refractivity (Wildman–Crippen MR) is 85.9 cm³/mol. The third kappa shape index (κ3) is 3.94. The first kappa shape index (κ1) is 15.3. The highest BCUT2D eigenvalue weighted by molar-refractivity contribution is 5.91. The molecule has 0 atom stereocenters. The minimum Gasteiger partial charge on any atom is -0.423 e. The summed E-state index contributed by atoms with van der Waals surface area (Å²) in [5.74, 6) is 0.261. The summed E-state index contributed by atoms with van der Waals surface area (Å²) in [5.41, 5.74) is 3.08. The van der Waals surface area contributed by atoms with Crippen molar-refractivity contribution in [2.45, 2.75) is 39.5 Å². The van der Waals surface area contributed by atoms with Crippen LogP contribution in [-0.4, -0.2) is 5.97 Å². The summed E-state index contributed by atoms with van der Waals surface area (Å²) in [5, 5.41) is 0. The van der Waals surface area contributed by atoms with Gasteiger partial charge in [0.1, 0.15) is 5.75 Å². The van der Waals surface area contributed by atoms with E-state index in [0.717, 1.165) is 6.42 Å². The first-order chi connectivity index (χ1) is 9.90. The normalized spacial score (nSPS) is 11.2. The number of benzene rings is 2. The van der Waals surface area contributed by atoms with Gasteiger partial charge in [-0.05, 0) is 47.2 Å². The van der Waals surface area contributed by atoms with E-state index in [0.29, 0.717) is 11.3 Å². The molecular weight excluding hydrogens is 260 g/mol. The van der Waals surface area contributed by atoms with E-state index in [4.69, 9.17) is 4.74 Å². The minimum atomic E-state index is -0.320. The molecule has 110 valence electrons. The number of rotatable bonds is 3. The molecule has 0 aliphatic rings. The lowest BCUT2D eigenvalue weighted by Gasteiger charge is -2.18. The minimum absolute atomic E-state index is 0.0818. The molecule has 21 heavy (non-hydrogen) atoms. The van der Waals surface area contributed by atoms with Crippen LogP contribution in [0, 0.1) is 0 Å². The first-order valence-corrected chi connectivity index (χ1v) is 7.32. The fraction of sp³-hybridized carbons (Fsp3) is 0.316. The molecule has 0 saturated carbocycles. The quantitative estimate of drug-likeness (QED) is 0.599. The van der Waals surface area contributed by atoms with Crippen molar-refractivity contribution in [3.05, 3.63) is 65.2 Å². The molecule has 0 aromatic heterocycles. The van der Waals surface area contributed by atoms with Gasteiger partial charge in [-0.3, -0.25) is 0 Å². The molecule has 0 amide bonds. The Kier molecular flexibility index (Phi) is 4.46. The molecule has 2 heteroatoms. The Labute approximate surface area is 126 Å². The highest BCUT2D eigenvalue weighted by Gasteiger charge is 2.15. The van der Waals surface area contributed by atoms with Crippen molar-refractivity contribution < 1.29 is 9.53 Å². The van der Waals surface area contributed by atoms with Crippen LogP contribution in [-0.2, 0) is 11.8 Å². The lowest BCUT2D eigenvalue weighted by molar-refractivity contribution is 0.0734. The number of carbonyl (C=O) groups excluding carboxylic acids is 1. The molecule has 0 aliphatic heterocycles. The molecule has 2 nitrogen and oxygen atoms in total. The molecule has 0 spiro atoms. The maximum absolute atomic E-state index is 12.1. The highest BCUT2D eigenvalue weighted by atomic mass is 16.5. The summed E-state index contributed by atoms with van der Waals surface area (Å²) in [7, 11) is 0. The zero-order valence-electron chi connectivity index (χ0n) is 13.1. The Morgan fingerprint density at radius 1 is 0.952 bits per heavy atom. The van der Waals surface area contributed by atoms with Gasteiger partial charge in [0, 0.05) is 0 Å². The topological polar surface area (TPSA) is 26.3 Å². The van der Waals surface area contributed by atoms with Gasteiger partial charge in [-0.25, -0.2) is 4.79 Å². The number of ether oxygens (including phenoxy) is 1. The number of carbonyl (C=O) groups is 1. The zero-order valence-corrected chi connectivity index (χ0v) is 13.1. The summed E-state index contributed by atoms with van der Waals surface area (Å²) < 4.78 is 5.39. The van der Waals surface area contributed by atoms with Crippen molar-refractivity contribution in [1.29, 1.82) is 0 Å². The standard InChI is InChI=1S/C19H22O2/c1-5-14-6-12-17(13-7-14)21-18(20)15-8-10-16(11-9-15)19(2,3)4/h6-13H,5H2,1-4H3. The van der Waals surface area contributed by atoms with Gasteiger partial charge < -0.3 is 4.74 Å². The van der Waals surface area contributed by atoms with E-state index in [1.54, 1.807) is 0 Å². The Morgan fingerprint density at radius 2 is 1.52 bits per heavy atom. The van der Waals surface area contributed by atoms with Crippen molar-refractivity contribution >= 4 is 5.97 Å². The largest absolute Gasteiger partial charge is 0.423 e. The summed E-state index contributed by atoms with van der Waals surface area (Å²) in [6.07, 6.45) is 0.975. The molecular formula is C19H22O2. The van der Waals surface area contributed by atoms with Crippen LogP contribution in [0.25, 0.3) is 0 Å². The van der Waals surface area contributed by atoms with Crippen LogP contribution in [0.4, 0.5) is 0 Å². The third-order valence-corrected chi connectivity index (χ3v) is 3.53. The maximum atomic E-state index is 12.1. The molecule has 0 saturated heterocycles. The Balaban J connectivity index is 2.09. The van der Waals surface area contributed by atoms with Gasteiger partial charge in [0.15, 0.2) is 0 Å². The van der Waals surface area contributed by atoms with E-state index < -0.39 is 0 Å². The van der Waals surface area contributed by atoms with Gasteiger partial charge >= 0.3 is 5.97 Å². The lowest BCUT2D eigenvalue weighted by Crippen LogP contribution is -2.12. The maximum Gasteiger partial charge on any atom is 0.343 e. The molecule has 2 aromatic rings. The van der Waals surface area contributed by atoms with Crippen molar-refractivity contribution in [2.75, 3.05) is 0 Å². The zero-order chi connectivity index (χ0) is 15.5. The molecule has 0 fully saturated rings. The predicted octanol–water partition coefficient (Wildman–Crippen LogP) is 4.77. The molecule has 0 radical (unpaired) electrons. The molecule has 2 aromatic carbocycles. The monoisotopic (exact) mass is 282 g/mol. The second kappa shape index (κ2) is 6.13. The third-order valence-electron chi connectivity index (χ3n) is 3.53. The van der Waals surface area contributed by atoms with Crippen molar-refractivity contribution in [3.63, 3.8) is 0 Å². The van der Waals surface area contributed by atoms with E-state index in [1.807, 2.05) is 48.5 Å². The van der Waals surface area contributed by atoms with E-state index in [-0.39, 0.29) is 11.4 Å².